The van der Waals surface area contributed by atoms with E-state index in [4.69, 9.17) is 4.42 Å². The van der Waals surface area contributed by atoms with E-state index in [1.54, 1.807) is 65.3 Å². The molecular weight excluding hydrogens is 1640 g/mol. The Labute approximate surface area is 805 Å². The minimum atomic E-state index is -1.64. The first-order valence-corrected chi connectivity index (χ1v) is 55.6. The summed E-state index contributed by atoms with van der Waals surface area (Å²) in [6.07, 6.45) is 0. The van der Waals surface area contributed by atoms with Gasteiger partial charge in [-0.2, -0.15) is 0 Å². The number of aryl methyl sites for hydroxylation is 19. The molecule has 6 heterocycles. The highest BCUT2D eigenvalue weighted by Crippen LogP contribution is 2.49. The summed E-state index contributed by atoms with van der Waals surface area (Å²) in [6.45, 7) is 119. The van der Waals surface area contributed by atoms with Crippen molar-refractivity contribution in [2.45, 2.75) is 359 Å². The molecule has 133 heavy (non-hydrogen) atoms. The molecule has 0 saturated carbocycles. The van der Waals surface area contributed by atoms with Gasteiger partial charge in [-0.15, -0.1) is 0 Å². The summed E-state index contributed by atoms with van der Waals surface area (Å²) in [5.41, 5.74) is 86.2. The molecule has 0 fully saturated rings. The highest BCUT2D eigenvalue weighted by Gasteiger charge is 2.45. The zero-order valence-electron chi connectivity index (χ0n) is 93.7. The van der Waals surface area contributed by atoms with Gasteiger partial charge in [-0.25, -0.2) is 0 Å². The molecule has 0 bridgehead atoms. The maximum atomic E-state index is 6.35. The predicted octanol–water partition coefficient (Wildman–Crippen LogP) is 33.4. The van der Waals surface area contributed by atoms with Crippen molar-refractivity contribution in [3.63, 3.8) is 0 Å². The topological polar surface area (TPSA) is 27.9 Å². The van der Waals surface area contributed by atoms with Crippen molar-refractivity contribution in [1.82, 2.24) is 13.7 Å². The molecule has 0 saturated heterocycles. The van der Waals surface area contributed by atoms with E-state index in [0.29, 0.717) is 0 Å². The van der Waals surface area contributed by atoms with Crippen LogP contribution in [0, 0.1) is 332 Å². The highest BCUT2D eigenvalue weighted by molar-refractivity contribution is 7.05. The third kappa shape index (κ3) is 14.1. The van der Waals surface area contributed by atoms with E-state index in [-0.39, 0.29) is 0 Å². The zero-order valence-corrected chi connectivity index (χ0v) is 95.7. The molecule has 0 N–H and O–H groups in total. The first-order valence-electron chi connectivity index (χ1n) is 49.6. The van der Waals surface area contributed by atoms with Crippen molar-refractivity contribution < 1.29 is 4.42 Å². The smallest absolute Gasteiger partial charge is 0.138 e. The Bertz CT molecular complexity index is 6930. The molecule has 0 spiro atoms. The van der Waals surface area contributed by atoms with Gasteiger partial charge in [0.05, 0.1) is 33.1 Å². The third-order valence-electron chi connectivity index (χ3n) is 38.2. The summed E-state index contributed by atoms with van der Waals surface area (Å²) in [4.78, 5) is 0. The fraction of sp³-hybridized carbons (Fsp3) is 0.433. The van der Waals surface area contributed by atoms with E-state index < -0.39 is 16.1 Å². The average molecular weight is 1810 g/mol. The maximum absolute atomic E-state index is 6.35. The van der Waals surface area contributed by atoms with E-state index in [2.05, 4.69) is 393 Å². The molecule has 18 rings (SSSR count). The normalized spacial score (nSPS) is 12.9. The van der Waals surface area contributed by atoms with E-state index in [1.165, 1.54) is 321 Å². The lowest BCUT2D eigenvalue weighted by atomic mass is 9.86. The maximum Gasteiger partial charge on any atom is 0.138 e. The lowest BCUT2D eigenvalue weighted by molar-refractivity contribution is 0.661. The molecule has 12 aromatic carbocycles. The molecule has 702 valence electrons. The predicted molar refractivity (Wildman–Crippen MR) is 600 cm³/mol. The van der Waals surface area contributed by atoms with E-state index >= 15 is 0 Å². The number of benzene rings is 12. The van der Waals surface area contributed by atoms with Gasteiger partial charge >= 0.3 is 0 Å². The van der Waals surface area contributed by atoms with Gasteiger partial charge in [0.1, 0.15) is 27.3 Å². The Morgan fingerprint density at radius 2 is 0.241 bits per heavy atom. The van der Waals surface area contributed by atoms with Gasteiger partial charge in [-0.3, -0.25) is 0 Å². The van der Waals surface area contributed by atoms with E-state index in [0.717, 1.165) is 11.2 Å². The second-order valence-electron chi connectivity index (χ2n) is 43.8. The molecule has 0 atom stereocenters. The van der Waals surface area contributed by atoms with Crippen LogP contribution in [0.15, 0.2) is 4.42 Å². The van der Waals surface area contributed by atoms with Gasteiger partial charge in [0.2, 0.25) is 0 Å². The monoisotopic (exact) mass is 1800 g/mol. The summed E-state index contributed by atoms with van der Waals surface area (Å²) < 4.78 is 13.6. The van der Waals surface area contributed by atoms with Crippen LogP contribution in [0.2, 0.25) is 26.2 Å². The average Bonchev–Trinajstić information content (AvgIpc) is 1.54. The summed E-state index contributed by atoms with van der Waals surface area (Å²) >= 11 is 0. The van der Waals surface area contributed by atoms with Gasteiger partial charge in [-0.05, 0) is 642 Å². The Kier molecular flexibility index (Phi) is 26.1. The Hall–Kier alpha value is -9.73. The van der Waals surface area contributed by atoms with Crippen molar-refractivity contribution in [2.75, 3.05) is 0 Å². The van der Waals surface area contributed by atoms with E-state index in [9.17, 15) is 0 Å². The van der Waals surface area contributed by atoms with Gasteiger partial charge in [0.25, 0.3) is 0 Å². The summed E-state index contributed by atoms with van der Waals surface area (Å²) in [5, 5.41) is 18.2. The summed E-state index contributed by atoms with van der Waals surface area (Å²) in [6, 6.07) is 0. The first-order chi connectivity index (χ1) is 61.4. The number of hydrogen-bond acceptors (Lipinski definition) is 1. The van der Waals surface area contributed by atoms with Gasteiger partial charge in [0.15, 0.2) is 0 Å². The van der Waals surface area contributed by atoms with Crippen LogP contribution in [0.25, 0.3) is 110 Å². The lowest BCUT2D eigenvalue weighted by Crippen LogP contribution is -2.52. The number of fused-ring (bicyclic) bond motifs is 18. The number of rotatable bonds is 0. The molecule has 16 aromatic rings. The SMILES string of the molecule is Cc1c(C)c(C)c2c(c1C)-c1c(C)c(C)c(C)c(C)c1[Si]2(C)C.Cc1c(C)c(C)c2c(c1C)-c1c(C)c(C)c(C)c(C)c1[Si]2(C)C.Cc1c(C)c(C)c2c(c1C)c1c(C)c(C)c(C)c(C)c1n2C.Cc1c(C)c(C)c2c(c1C)c1c(C)c(C)c(C)c(C)c1n2C.Cc1c(C)c(C)c2c(c1C)c1c(C)c(C)c(C)c(C)c1n2C.Cc1c(C)c(C)c2c(oc3c(C)c(C)c(C)c(C)c32)c1C. The van der Waals surface area contributed by atoms with Crippen molar-refractivity contribution in [2.24, 2.45) is 21.1 Å². The Morgan fingerprint density at radius 1 is 0.128 bits per heavy atom. The second kappa shape index (κ2) is 34.5. The zero-order chi connectivity index (χ0) is 100. The summed E-state index contributed by atoms with van der Waals surface area (Å²) in [7, 11) is 3.40. The van der Waals surface area contributed by atoms with Crippen LogP contribution in [0.1, 0.15) is 267 Å². The van der Waals surface area contributed by atoms with Crippen LogP contribution in [-0.4, -0.2) is 29.8 Å². The van der Waals surface area contributed by atoms with Crippen LogP contribution >= 0.6 is 0 Å². The lowest BCUT2D eigenvalue weighted by Gasteiger charge is -2.26. The minimum Gasteiger partial charge on any atom is -0.455 e. The quantitative estimate of drug-likeness (QED) is 0.139. The Morgan fingerprint density at radius 3 is 0.391 bits per heavy atom. The van der Waals surface area contributed by atoms with Crippen molar-refractivity contribution in [1.29, 1.82) is 0 Å². The van der Waals surface area contributed by atoms with Crippen LogP contribution in [0.5, 0.6) is 0 Å². The van der Waals surface area contributed by atoms with Gasteiger partial charge in [0, 0.05) is 64.2 Å². The highest BCUT2D eigenvalue weighted by atomic mass is 28.3. The van der Waals surface area contributed by atoms with Crippen LogP contribution in [-0.2, 0) is 21.1 Å². The number of nitrogens with zero attached hydrogens (tertiary/aromatic N) is 3. The third-order valence-corrected chi connectivity index (χ3v) is 45.7. The van der Waals surface area contributed by atoms with E-state index in [1.807, 2.05) is 0 Å². The first kappa shape index (κ1) is 101. The van der Waals surface area contributed by atoms with Gasteiger partial charge in [-0.1, -0.05) is 26.2 Å². The molecule has 0 radical (unpaired) electrons. The molecule has 4 nitrogen and oxygen atoms in total. The standard InChI is InChI=1S/2C22H30Si.3C21H27N.C20H24O/c2*1-11-13(3)17(7)21-19(15(11)5)20-16(6)12(2)14(4)18(8)22(20)23(21,9)10;3*1-10-12(3)16(7)20-18(14(10)5)19-15(6)11(2)13(4)17(8)21(19)22(20)9;1-9-11(3)15(7)19-17(13(9)5)18-14(6)10(2)12(4)16(8)20(18)21-19/h2*1-10H3;3*1-9H3;1-8H3. The fourth-order valence-corrected chi connectivity index (χ4v) is 34.6. The number of hydrogen-bond donors (Lipinski definition) is 0. The Balaban J connectivity index is 0.000000136. The second-order valence-corrected chi connectivity index (χ2v) is 52.3. The van der Waals surface area contributed by atoms with Crippen LogP contribution in [0.4, 0.5) is 0 Å². The number of furan rings is 1. The van der Waals surface area contributed by atoms with Crippen LogP contribution < -0.4 is 20.7 Å². The molecule has 0 amide bonds. The van der Waals surface area contributed by atoms with Crippen LogP contribution in [0.3, 0.4) is 0 Å². The molecular formula is C127H165N3OSi2. The van der Waals surface area contributed by atoms with Crippen molar-refractivity contribution >= 4 is 124 Å². The fourth-order valence-electron chi connectivity index (χ4n) is 25.8. The molecule has 6 heteroatoms. The van der Waals surface area contributed by atoms with Crippen molar-refractivity contribution in [3.8, 4) is 22.3 Å². The largest absolute Gasteiger partial charge is 0.455 e. The van der Waals surface area contributed by atoms with Gasteiger partial charge < -0.3 is 18.1 Å². The molecule has 0 unspecified atom stereocenters. The molecule has 4 aromatic heterocycles. The number of aromatic nitrogens is 3. The minimum absolute atomic E-state index is 1.07. The summed E-state index contributed by atoms with van der Waals surface area (Å²) in [5.74, 6) is 0. The molecule has 2 aliphatic rings. The van der Waals surface area contributed by atoms with Crippen molar-refractivity contribution in [3.05, 3.63) is 267 Å². The molecule has 2 aliphatic heterocycles. The molecule has 0 aliphatic carbocycles.